The Morgan fingerprint density at radius 3 is 2.64 bits per heavy atom. The maximum absolute atomic E-state index is 5.86. The summed E-state index contributed by atoms with van der Waals surface area (Å²) in [5.74, 6) is 0. The molecule has 1 aromatic rings. The summed E-state index contributed by atoms with van der Waals surface area (Å²) >= 11 is 0. The van der Waals surface area contributed by atoms with E-state index in [0.717, 1.165) is 6.42 Å². The monoisotopic (exact) mass is 192 g/mol. The molecule has 14 heavy (non-hydrogen) atoms. The summed E-state index contributed by atoms with van der Waals surface area (Å²) in [7, 11) is 0. The van der Waals surface area contributed by atoms with E-state index >= 15 is 0 Å². The van der Waals surface area contributed by atoms with Crippen molar-refractivity contribution in [3.8, 4) is 0 Å². The predicted molar refractivity (Wildman–Crippen MR) is 54.9 cm³/mol. The van der Waals surface area contributed by atoms with Gasteiger partial charge in [0.25, 0.3) is 0 Å². The van der Waals surface area contributed by atoms with Crippen molar-refractivity contribution in [1.82, 2.24) is 0 Å². The maximum Gasteiger partial charge on any atom is 0.158 e. The highest BCUT2D eigenvalue weighted by Crippen LogP contribution is 2.33. The largest absolute Gasteiger partial charge is 0.349 e. The highest BCUT2D eigenvalue weighted by Gasteiger charge is 2.37. The standard InChI is InChI=1S/C12H16O2/c1-3-11-13-9-12(2,14-11)10-7-5-4-6-8-10/h4-8,11H,3,9H2,1-2H3. The van der Waals surface area contributed by atoms with Crippen molar-refractivity contribution in [3.05, 3.63) is 35.9 Å². The van der Waals surface area contributed by atoms with E-state index in [1.807, 2.05) is 18.2 Å². The first kappa shape index (κ1) is 9.69. The predicted octanol–water partition coefficient (Wildman–Crippen LogP) is 2.68. The average molecular weight is 192 g/mol. The fourth-order valence-electron chi connectivity index (χ4n) is 1.75. The van der Waals surface area contributed by atoms with Crippen LogP contribution in [0.1, 0.15) is 25.8 Å². The molecule has 1 saturated heterocycles. The van der Waals surface area contributed by atoms with Crippen molar-refractivity contribution < 1.29 is 9.47 Å². The molecular formula is C12H16O2. The van der Waals surface area contributed by atoms with Crippen LogP contribution in [-0.4, -0.2) is 12.9 Å². The first-order valence-corrected chi connectivity index (χ1v) is 5.09. The van der Waals surface area contributed by atoms with E-state index in [-0.39, 0.29) is 11.9 Å². The Hall–Kier alpha value is -0.860. The molecule has 1 aliphatic heterocycles. The molecule has 1 aliphatic rings. The molecule has 2 atom stereocenters. The van der Waals surface area contributed by atoms with Gasteiger partial charge in [-0.05, 0) is 18.9 Å². The van der Waals surface area contributed by atoms with Gasteiger partial charge in [-0.3, -0.25) is 0 Å². The fourth-order valence-corrected chi connectivity index (χ4v) is 1.75. The van der Waals surface area contributed by atoms with Crippen LogP contribution in [0.4, 0.5) is 0 Å². The van der Waals surface area contributed by atoms with Crippen LogP contribution in [0.2, 0.25) is 0 Å². The number of hydrogen-bond acceptors (Lipinski definition) is 2. The number of ether oxygens (including phenoxy) is 2. The second-order valence-electron chi connectivity index (χ2n) is 3.86. The minimum absolute atomic E-state index is 0.0415. The van der Waals surface area contributed by atoms with Gasteiger partial charge in [0.1, 0.15) is 5.60 Å². The second kappa shape index (κ2) is 3.71. The Morgan fingerprint density at radius 1 is 1.36 bits per heavy atom. The van der Waals surface area contributed by atoms with Gasteiger partial charge in [0.2, 0.25) is 0 Å². The Labute approximate surface area is 84.8 Å². The van der Waals surface area contributed by atoms with Crippen LogP contribution in [0.15, 0.2) is 30.3 Å². The Kier molecular flexibility index (Phi) is 2.57. The number of rotatable bonds is 2. The molecule has 2 nitrogen and oxygen atoms in total. The molecule has 0 saturated carbocycles. The van der Waals surface area contributed by atoms with Gasteiger partial charge in [0.15, 0.2) is 6.29 Å². The van der Waals surface area contributed by atoms with Gasteiger partial charge >= 0.3 is 0 Å². The normalized spacial score (nSPS) is 32.0. The Balaban J connectivity index is 2.19. The zero-order valence-corrected chi connectivity index (χ0v) is 8.69. The molecule has 0 spiro atoms. The number of hydrogen-bond donors (Lipinski definition) is 0. The van der Waals surface area contributed by atoms with Crippen molar-refractivity contribution in [1.29, 1.82) is 0 Å². The lowest BCUT2D eigenvalue weighted by molar-refractivity contribution is -0.0869. The van der Waals surface area contributed by atoms with Gasteiger partial charge in [-0.15, -0.1) is 0 Å². The van der Waals surface area contributed by atoms with E-state index in [9.17, 15) is 0 Å². The van der Waals surface area contributed by atoms with Gasteiger partial charge in [-0.2, -0.15) is 0 Å². The number of benzene rings is 1. The maximum atomic E-state index is 5.86. The van der Waals surface area contributed by atoms with Gasteiger partial charge in [-0.1, -0.05) is 37.3 Å². The third-order valence-corrected chi connectivity index (χ3v) is 2.65. The second-order valence-corrected chi connectivity index (χ2v) is 3.86. The van der Waals surface area contributed by atoms with Crippen LogP contribution in [0.5, 0.6) is 0 Å². The molecule has 0 radical (unpaired) electrons. The molecule has 0 N–H and O–H groups in total. The summed E-state index contributed by atoms with van der Waals surface area (Å²) in [5.41, 5.74) is 0.929. The molecule has 2 heteroatoms. The SMILES string of the molecule is CCC1OCC(C)(c2ccccc2)O1. The van der Waals surface area contributed by atoms with Gasteiger partial charge in [0, 0.05) is 0 Å². The zero-order chi connectivity index (χ0) is 10.0. The summed E-state index contributed by atoms with van der Waals surface area (Å²) in [5, 5.41) is 0. The summed E-state index contributed by atoms with van der Waals surface area (Å²) in [6.07, 6.45) is 0.864. The van der Waals surface area contributed by atoms with Gasteiger partial charge in [0.05, 0.1) is 6.61 Å². The molecule has 0 bridgehead atoms. The Bertz CT molecular complexity index is 296. The summed E-state index contributed by atoms with van der Waals surface area (Å²) in [6.45, 7) is 4.80. The van der Waals surface area contributed by atoms with E-state index in [1.54, 1.807) is 0 Å². The third-order valence-electron chi connectivity index (χ3n) is 2.65. The molecule has 0 aromatic heterocycles. The topological polar surface area (TPSA) is 18.5 Å². The van der Waals surface area contributed by atoms with Crippen molar-refractivity contribution >= 4 is 0 Å². The third kappa shape index (κ3) is 1.68. The van der Waals surface area contributed by atoms with E-state index < -0.39 is 0 Å². The summed E-state index contributed by atoms with van der Waals surface area (Å²) < 4.78 is 11.4. The first-order valence-electron chi connectivity index (χ1n) is 5.09. The Morgan fingerprint density at radius 2 is 2.07 bits per heavy atom. The van der Waals surface area contributed by atoms with Crippen molar-refractivity contribution in [2.75, 3.05) is 6.61 Å². The molecule has 1 fully saturated rings. The highest BCUT2D eigenvalue weighted by atomic mass is 16.7. The summed E-state index contributed by atoms with van der Waals surface area (Å²) in [6, 6.07) is 10.2. The lowest BCUT2D eigenvalue weighted by Crippen LogP contribution is -2.24. The van der Waals surface area contributed by atoms with E-state index in [2.05, 4.69) is 26.0 Å². The first-order chi connectivity index (χ1) is 6.74. The molecule has 2 rings (SSSR count). The molecule has 2 unspecified atom stereocenters. The van der Waals surface area contributed by atoms with Crippen LogP contribution in [-0.2, 0) is 15.1 Å². The van der Waals surface area contributed by atoms with Gasteiger partial charge in [-0.25, -0.2) is 0 Å². The van der Waals surface area contributed by atoms with E-state index in [0.29, 0.717) is 6.61 Å². The molecule has 76 valence electrons. The van der Waals surface area contributed by atoms with Crippen LogP contribution in [0.25, 0.3) is 0 Å². The van der Waals surface area contributed by atoms with Crippen molar-refractivity contribution in [3.63, 3.8) is 0 Å². The van der Waals surface area contributed by atoms with Crippen LogP contribution < -0.4 is 0 Å². The molecule has 0 aliphatic carbocycles. The zero-order valence-electron chi connectivity index (χ0n) is 8.69. The lowest BCUT2D eigenvalue weighted by atomic mass is 9.97. The van der Waals surface area contributed by atoms with E-state index in [1.165, 1.54) is 5.56 Å². The lowest BCUT2D eigenvalue weighted by Gasteiger charge is -2.22. The van der Waals surface area contributed by atoms with Crippen LogP contribution in [0.3, 0.4) is 0 Å². The minimum Gasteiger partial charge on any atom is -0.349 e. The smallest absolute Gasteiger partial charge is 0.158 e. The van der Waals surface area contributed by atoms with Crippen molar-refractivity contribution in [2.24, 2.45) is 0 Å². The average Bonchev–Trinajstić information content (AvgIpc) is 2.63. The highest BCUT2D eigenvalue weighted by molar-refractivity contribution is 5.22. The quantitative estimate of drug-likeness (QED) is 0.717. The molecule has 0 amide bonds. The van der Waals surface area contributed by atoms with Crippen LogP contribution >= 0.6 is 0 Å². The molecule has 1 heterocycles. The minimum atomic E-state index is -0.262. The van der Waals surface area contributed by atoms with Crippen molar-refractivity contribution in [2.45, 2.75) is 32.2 Å². The summed E-state index contributed by atoms with van der Waals surface area (Å²) in [4.78, 5) is 0. The van der Waals surface area contributed by atoms with E-state index in [4.69, 9.17) is 9.47 Å². The molecule has 1 aromatic carbocycles. The van der Waals surface area contributed by atoms with Crippen LogP contribution in [0, 0.1) is 0 Å². The fraction of sp³-hybridized carbons (Fsp3) is 0.500. The molecular weight excluding hydrogens is 176 g/mol. The van der Waals surface area contributed by atoms with Gasteiger partial charge < -0.3 is 9.47 Å².